The number of nitrogens with zero attached hydrogens (tertiary/aromatic N) is 10. The van der Waals surface area contributed by atoms with E-state index < -0.39 is 0 Å². The maximum atomic E-state index is 6.02. The summed E-state index contributed by atoms with van der Waals surface area (Å²) >= 11 is 0. The van der Waals surface area contributed by atoms with Crippen LogP contribution in [0.1, 0.15) is 25.7 Å². The lowest BCUT2D eigenvalue weighted by Gasteiger charge is -2.39. The zero-order valence-electron chi connectivity index (χ0n) is 47.6. The zero-order valence-corrected chi connectivity index (χ0v) is 47.6. The van der Waals surface area contributed by atoms with Crippen molar-refractivity contribution >= 4 is 66.4 Å². The predicted octanol–water partition coefficient (Wildman–Crippen LogP) is 8.36. The largest absolute Gasteiger partial charge is 0.398 e. The van der Waals surface area contributed by atoms with Crippen molar-refractivity contribution < 1.29 is 22.8 Å². The molecule has 2 aliphatic heterocycles. The van der Waals surface area contributed by atoms with Gasteiger partial charge in [0, 0.05) is 134 Å². The van der Waals surface area contributed by atoms with Crippen molar-refractivity contribution in [2.24, 2.45) is 7.05 Å². The molecule has 0 amide bonds. The quantitative estimate of drug-likeness (QED) is 0.0435. The number of likely N-dealkylation sites (N-methyl/N-ethyl adjacent to an activating group) is 2. The van der Waals surface area contributed by atoms with Crippen LogP contribution in [0.3, 0.4) is 0 Å². The number of aryl methyl sites for hydroxylation is 6. The van der Waals surface area contributed by atoms with Gasteiger partial charge in [-0.15, -0.1) is 0 Å². The number of imidazole rings is 1. The summed E-state index contributed by atoms with van der Waals surface area (Å²) in [5.74, 6) is 0. The molecule has 0 saturated carbocycles. The summed E-state index contributed by atoms with van der Waals surface area (Å²) in [6.45, 7) is 17.9. The van der Waals surface area contributed by atoms with Gasteiger partial charge >= 0.3 is 0 Å². The van der Waals surface area contributed by atoms with Crippen LogP contribution in [0.25, 0.3) is 43.6 Å². The van der Waals surface area contributed by atoms with E-state index in [4.69, 9.17) is 27.7 Å². The van der Waals surface area contributed by atoms with Crippen molar-refractivity contribution in [3.05, 3.63) is 141 Å². The molecule has 2 fully saturated rings. The Morgan fingerprint density at radius 2 is 0.896 bits per heavy atom. The summed E-state index contributed by atoms with van der Waals surface area (Å²) in [6.07, 6.45) is 19.5. The Bertz CT molecular complexity index is 3260. The highest BCUT2D eigenvalue weighted by Crippen LogP contribution is 2.26. The standard InChI is InChI=1S/C17H27N4.C16H24N3O.C15H19N4.C14H22N3/c1-21(2)13-11-19(12-14-21)8-4-9-20-10-7-15-16(18)5-3-6-17(15)20;1-19(10-12-20-13-11-19)9-3-7-18-8-6-14-15(17)4-2-5-16(14)18;1-17-10-11-18(12-17)7-3-8-19-9-6-13-14(16)4-2-5-15(13)19;1-17(2,3)11-5-9-16-10-8-12-13(15)6-4-7-14(12)16/h3,5-7,10H,4,8-9,11-14,18H2,1-2H3;2,4-6,8H,3,7,9-13,17H2,1H3;2,4-6,9-12H,3,7-8,16H2,1H3;4,6-8,10H,5,9,11,15H2,1-3H3/q4*+1. The molecule has 8 N–H and O–H groups in total. The van der Waals surface area contributed by atoms with Gasteiger partial charge in [0.1, 0.15) is 25.5 Å². The lowest BCUT2D eigenvalue weighted by atomic mass is 10.2. The maximum Gasteiger partial charge on any atom is 0.243 e. The molecule has 2 saturated heterocycles. The van der Waals surface area contributed by atoms with Crippen LogP contribution in [-0.2, 0) is 44.5 Å². The molecule has 412 valence electrons. The summed E-state index contributed by atoms with van der Waals surface area (Å²) in [7, 11) is 15.7. The Balaban J connectivity index is 0.000000136. The second-order valence-corrected chi connectivity index (χ2v) is 23.5. The van der Waals surface area contributed by atoms with E-state index in [1.54, 1.807) is 0 Å². The van der Waals surface area contributed by atoms with Crippen LogP contribution in [-0.4, -0.2) is 156 Å². The SMILES string of the molecule is C[N+](C)(C)CCCn1ccc2c(N)cccc21.C[N+]1(C)CCN(CCCn2ccc3c(N)cccc32)CC1.C[N+]1(CCCn2ccc3c(N)cccc32)CCOCC1.C[n+]1ccn(CCCn2ccc3c(N)cccc32)c1. The Labute approximate surface area is 458 Å². The highest BCUT2D eigenvalue weighted by molar-refractivity contribution is 5.93. The fourth-order valence-electron chi connectivity index (χ4n) is 10.9. The number of aromatic nitrogens is 6. The molecule has 5 aromatic heterocycles. The highest BCUT2D eigenvalue weighted by Gasteiger charge is 2.25. The molecule has 4 aromatic carbocycles. The first-order chi connectivity index (χ1) is 36.9. The lowest BCUT2D eigenvalue weighted by molar-refractivity contribution is -0.917. The van der Waals surface area contributed by atoms with Gasteiger partial charge < -0.3 is 59.4 Å². The highest BCUT2D eigenvalue weighted by atomic mass is 16.5. The van der Waals surface area contributed by atoms with Crippen LogP contribution in [0.4, 0.5) is 22.7 Å². The van der Waals surface area contributed by atoms with Crippen LogP contribution in [0.2, 0.25) is 0 Å². The Kier molecular flexibility index (Phi) is 18.8. The summed E-state index contributed by atoms with van der Waals surface area (Å²) in [5, 5.41) is 4.65. The minimum absolute atomic E-state index is 0.855. The molecule has 0 bridgehead atoms. The van der Waals surface area contributed by atoms with Gasteiger partial charge in [0.05, 0.1) is 117 Å². The average Bonchev–Trinajstić information content (AvgIpc) is 4.27. The third-order valence-corrected chi connectivity index (χ3v) is 15.8. The van der Waals surface area contributed by atoms with Gasteiger partial charge in [0.2, 0.25) is 6.33 Å². The van der Waals surface area contributed by atoms with E-state index in [1.165, 1.54) is 97.9 Å². The van der Waals surface area contributed by atoms with Crippen LogP contribution >= 0.6 is 0 Å². The fraction of sp³-hybridized carbons (Fsp3) is 0.435. The number of quaternary nitrogens is 3. The fourth-order valence-corrected chi connectivity index (χ4v) is 10.9. The van der Waals surface area contributed by atoms with E-state index in [0.717, 1.165) is 112 Å². The molecule has 0 atom stereocenters. The number of ether oxygens (including phenoxy) is 1. The normalized spacial score (nSPS) is 15.5. The Morgan fingerprint density at radius 1 is 0.494 bits per heavy atom. The molecule has 0 spiro atoms. The number of nitrogen functional groups attached to an aromatic ring is 4. The van der Waals surface area contributed by atoms with Crippen LogP contribution in [0.15, 0.2) is 141 Å². The molecule has 11 rings (SSSR count). The molecule has 0 aliphatic carbocycles. The summed E-state index contributed by atoms with van der Waals surface area (Å²) < 4.78 is 22.3. The molecule has 0 radical (unpaired) electrons. The number of nitrogens with two attached hydrogens (primary N) is 4. The van der Waals surface area contributed by atoms with Gasteiger partial charge in [-0.3, -0.25) is 4.90 Å². The van der Waals surface area contributed by atoms with E-state index >= 15 is 0 Å². The summed E-state index contributed by atoms with van der Waals surface area (Å²) in [5.41, 5.74) is 32.4. The Hall–Kier alpha value is -6.75. The molecule has 9 aromatic rings. The van der Waals surface area contributed by atoms with Gasteiger partial charge in [0.15, 0.2) is 0 Å². The Morgan fingerprint density at radius 3 is 1.30 bits per heavy atom. The number of benzene rings is 4. The molecule has 15 nitrogen and oxygen atoms in total. The zero-order chi connectivity index (χ0) is 54.6. The average molecular weight is 1050 g/mol. The van der Waals surface area contributed by atoms with Gasteiger partial charge in [-0.1, -0.05) is 24.3 Å². The first-order valence-electron chi connectivity index (χ1n) is 28.0. The summed E-state index contributed by atoms with van der Waals surface area (Å²) in [4.78, 5) is 2.60. The second kappa shape index (κ2) is 25.6. The van der Waals surface area contributed by atoms with Gasteiger partial charge in [-0.05, 0) is 79.2 Å². The van der Waals surface area contributed by atoms with Crippen molar-refractivity contribution in [1.29, 1.82) is 0 Å². The number of rotatable bonds is 16. The molecular formula is C62H92N14O+4. The molecule has 7 heterocycles. The monoisotopic (exact) mass is 1050 g/mol. The third kappa shape index (κ3) is 15.5. The molecule has 2 aliphatic rings. The minimum atomic E-state index is 0.855. The van der Waals surface area contributed by atoms with Crippen molar-refractivity contribution in [3.8, 4) is 0 Å². The van der Waals surface area contributed by atoms with E-state index in [9.17, 15) is 0 Å². The van der Waals surface area contributed by atoms with E-state index in [2.05, 4.69) is 167 Å². The van der Waals surface area contributed by atoms with E-state index in [-0.39, 0.29) is 0 Å². The lowest BCUT2D eigenvalue weighted by Crippen LogP contribution is -2.54. The maximum absolute atomic E-state index is 6.02. The molecule has 0 unspecified atom stereocenters. The van der Waals surface area contributed by atoms with Gasteiger partial charge in [0.25, 0.3) is 0 Å². The van der Waals surface area contributed by atoms with Crippen molar-refractivity contribution in [3.63, 3.8) is 0 Å². The number of morpholine rings is 1. The van der Waals surface area contributed by atoms with Gasteiger partial charge in [-0.2, -0.15) is 0 Å². The summed E-state index contributed by atoms with van der Waals surface area (Å²) in [6, 6.07) is 33.0. The van der Waals surface area contributed by atoms with Crippen molar-refractivity contribution in [2.75, 3.05) is 137 Å². The molecule has 15 heteroatoms. The number of anilines is 4. The first kappa shape index (κ1) is 56.5. The van der Waals surface area contributed by atoms with Crippen molar-refractivity contribution in [2.45, 2.75) is 58.4 Å². The number of piperazine rings is 1. The second-order valence-electron chi connectivity index (χ2n) is 23.5. The number of hydrogen-bond acceptors (Lipinski definition) is 6. The molecule has 77 heavy (non-hydrogen) atoms. The van der Waals surface area contributed by atoms with Crippen LogP contribution in [0.5, 0.6) is 0 Å². The van der Waals surface area contributed by atoms with Crippen molar-refractivity contribution in [1.82, 2.24) is 27.7 Å². The number of fused-ring (bicyclic) bond motifs is 4. The topological polar surface area (TPSA) is 145 Å². The van der Waals surface area contributed by atoms with E-state index in [1.807, 2.05) is 55.6 Å². The third-order valence-electron chi connectivity index (χ3n) is 15.8. The predicted molar refractivity (Wildman–Crippen MR) is 322 cm³/mol. The van der Waals surface area contributed by atoms with E-state index in [0.29, 0.717) is 0 Å². The first-order valence-corrected chi connectivity index (χ1v) is 28.0. The molecular weight excluding hydrogens is 957 g/mol. The van der Waals surface area contributed by atoms with Gasteiger partial charge in [-0.25, -0.2) is 9.13 Å². The minimum Gasteiger partial charge on any atom is -0.398 e. The van der Waals surface area contributed by atoms with Crippen LogP contribution < -0.4 is 27.5 Å². The smallest absolute Gasteiger partial charge is 0.243 e. The number of hydrogen-bond donors (Lipinski definition) is 4. The van der Waals surface area contributed by atoms with Crippen LogP contribution in [0, 0.1) is 0 Å².